The van der Waals surface area contributed by atoms with E-state index < -0.39 is 18.5 Å². The third-order valence-corrected chi connectivity index (χ3v) is 4.00. The van der Waals surface area contributed by atoms with Gasteiger partial charge in [-0.25, -0.2) is 5.01 Å². The fourth-order valence-electron chi connectivity index (χ4n) is 2.63. The van der Waals surface area contributed by atoms with E-state index in [1.54, 1.807) is 13.0 Å². The van der Waals surface area contributed by atoms with Crippen LogP contribution in [0.3, 0.4) is 0 Å². The number of amides is 2. The van der Waals surface area contributed by atoms with Crippen molar-refractivity contribution >= 4 is 29.3 Å². The molecule has 28 heavy (non-hydrogen) atoms. The molecular weight excluding hydrogens is 364 g/mol. The molecule has 0 atom stereocenters. The molecule has 1 aliphatic rings. The van der Waals surface area contributed by atoms with Crippen LogP contribution in [0.2, 0.25) is 0 Å². The molecule has 2 aromatic rings. The van der Waals surface area contributed by atoms with Crippen LogP contribution < -0.4 is 5.32 Å². The highest BCUT2D eigenvalue weighted by Crippen LogP contribution is 2.15. The Hall–Kier alpha value is -3.49. The molecule has 0 spiro atoms. The topological polar surface area (TPSA) is 114 Å². The first-order valence-corrected chi connectivity index (χ1v) is 8.83. The van der Waals surface area contributed by atoms with Gasteiger partial charge < -0.3 is 14.6 Å². The minimum atomic E-state index is -0.633. The fourth-order valence-corrected chi connectivity index (χ4v) is 2.63. The van der Waals surface area contributed by atoms with Gasteiger partial charge in [-0.05, 0) is 12.5 Å². The Balaban J connectivity index is 1.39. The normalized spacial score (nSPS) is 13.2. The second-order valence-corrected chi connectivity index (χ2v) is 6.21. The quantitative estimate of drug-likeness (QED) is 0.729. The Bertz CT molecular complexity index is 891. The smallest absolute Gasteiger partial charge is 0.306 e. The summed E-state index contributed by atoms with van der Waals surface area (Å²) in [6, 6.07) is 11.2. The summed E-state index contributed by atoms with van der Waals surface area (Å²) in [5, 5.41) is 11.7. The molecule has 0 unspecified atom stereocenters. The van der Waals surface area contributed by atoms with Crippen molar-refractivity contribution in [3.63, 3.8) is 0 Å². The van der Waals surface area contributed by atoms with Gasteiger partial charge in [0.1, 0.15) is 5.76 Å². The number of anilines is 1. The van der Waals surface area contributed by atoms with E-state index in [-0.39, 0.29) is 24.6 Å². The van der Waals surface area contributed by atoms with Crippen LogP contribution in [-0.4, -0.2) is 46.8 Å². The Labute approximate surface area is 161 Å². The molecule has 1 aromatic heterocycles. The third kappa shape index (κ3) is 5.26. The van der Waals surface area contributed by atoms with E-state index in [2.05, 4.69) is 15.6 Å². The molecular formula is C19H20N4O5. The van der Waals surface area contributed by atoms with Gasteiger partial charge in [0, 0.05) is 18.9 Å². The molecule has 3 rings (SSSR count). The fraction of sp³-hybridized carbons (Fsp3) is 0.316. The Morgan fingerprint density at radius 2 is 2.00 bits per heavy atom. The number of nitrogens with one attached hydrogen (secondary N) is 1. The molecule has 9 heteroatoms. The first-order chi connectivity index (χ1) is 13.5. The van der Waals surface area contributed by atoms with Gasteiger partial charge in [-0.3, -0.25) is 14.4 Å². The van der Waals surface area contributed by atoms with Crippen molar-refractivity contribution in [1.82, 2.24) is 10.2 Å². The number of benzene rings is 1. The van der Waals surface area contributed by atoms with Crippen LogP contribution in [0.25, 0.3) is 0 Å². The van der Waals surface area contributed by atoms with Crippen molar-refractivity contribution < 1.29 is 23.6 Å². The van der Waals surface area contributed by atoms with Crippen molar-refractivity contribution in [3.8, 4) is 0 Å². The van der Waals surface area contributed by atoms with Gasteiger partial charge in [0.25, 0.3) is 5.91 Å². The molecule has 0 saturated heterocycles. The monoisotopic (exact) mass is 384 g/mol. The molecule has 0 bridgehead atoms. The highest BCUT2D eigenvalue weighted by molar-refractivity contribution is 6.02. The number of hydrogen-bond donors (Lipinski definition) is 1. The summed E-state index contributed by atoms with van der Waals surface area (Å²) < 4.78 is 9.69. The van der Waals surface area contributed by atoms with E-state index in [9.17, 15) is 14.4 Å². The Morgan fingerprint density at radius 1 is 1.21 bits per heavy atom. The highest BCUT2D eigenvalue weighted by Gasteiger charge is 2.22. The van der Waals surface area contributed by atoms with Crippen LogP contribution in [0.4, 0.5) is 5.82 Å². The molecule has 1 N–H and O–H groups in total. The van der Waals surface area contributed by atoms with E-state index in [0.29, 0.717) is 18.7 Å². The molecule has 0 saturated carbocycles. The molecule has 1 aromatic carbocycles. The third-order valence-electron chi connectivity index (χ3n) is 4.00. The SMILES string of the molecule is Cc1cc(NC(=O)COC(=O)CCC(=O)N2CCC(c3ccccc3)=N2)no1. The van der Waals surface area contributed by atoms with E-state index >= 15 is 0 Å². The van der Waals surface area contributed by atoms with E-state index in [0.717, 1.165) is 11.3 Å². The average Bonchev–Trinajstić information content (AvgIpc) is 3.34. The van der Waals surface area contributed by atoms with E-state index in [1.807, 2.05) is 30.3 Å². The van der Waals surface area contributed by atoms with Crippen molar-refractivity contribution in [2.75, 3.05) is 18.5 Å². The van der Waals surface area contributed by atoms with Gasteiger partial charge in [-0.1, -0.05) is 35.5 Å². The summed E-state index contributed by atoms with van der Waals surface area (Å²) in [7, 11) is 0. The van der Waals surface area contributed by atoms with Gasteiger partial charge in [-0.15, -0.1) is 0 Å². The molecule has 9 nitrogen and oxygen atoms in total. The van der Waals surface area contributed by atoms with Crippen molar-refractivity contribution in [3.05, 3.63) is 47.7 Å². The molecule has 146 valence electrons. The number of rotatable bonds is 7. The molecule has 0 aliphatic carbocycles. The number of ether oxygens (including phenoxy) is 1. The number of nitrogens with zero attached hydrogens (tertiary/aromatic N) is 3. The second-order valence-electron chi connectivity index (χ2n) is 6.21. The van der Waals surface area contributed by atoms with Crippen LogP contribution >= 0.6 is 0 Å². The molecule has 0 fully saturated rings. The van der Waals surface area contributed by atoms with Crippen molar-refractivity contribution in [2.45, 2.75) is 26.2 Å². The zero-order valence-corrected chi connectivity index (χ0v) is 15.4. The number of carbonyl (C=O) groups excluding carboxylic acids is 3. The summed E-state index contributed by atoms with van der Waals surface area (Å²) in [5.41, 5.74) is 1.82. The lowest BCUT2D eigenvalue weighted by molar-refractivity contribution is -0.148. The molecule has 2 heterocycles. The first kappa shape index (κ1) is 19.3. The van der Waals surface area contributed by atoms with E-state index in [4.69, 9.17) is 9.26 Å². The number of hydrazone groups is 1. The van der Waals surface area contributed by atoms with Gasteiger partial charge in [0.2, 0.25) is 5.91 Å². The van der Waals surface area contributed by atoms with Gasteiger partial charge in [0.15, 0.2) is 12.4 Å². The summed E-state index contributed by atoms with van der Waals surface area (Å²) in [6.07, 6.45) is 0.512. The largest absolute Gasteiger partial charge is 0.456 e. The van der Waals surface area contributed by atoms with Crippen LogP contribution in [0.1, 0.15) is 30.6 Å². The highest BCUT2D eigenvalue weighted by atomic mass is 16.5. The maximum atomic E-state index is 12.2. The average molecular weight is 384 g/mol. The lowest BCUT2D eigenvalue weighted by Crippen LogP contribution is -2.25. The van der Waals surface area contributed by atoms with Crippen LogP contribution in [-0.2, 0) is 19.1 Å². The molecule has 0 radical (unpaired) electrons. The number of carbonyl (C=O) groups is 3. The molecule has 1 aliphatic heterocycles. The minimum Gasteiger partial charge on any atom is -0.456 e. The molecule has 2 amide bonds. The van der Waals surface area contributed by atoms with E-state index in [1.165, 1.54) is 5.01 Å². The van der Waals surface area contributed by atoms with Crippen molar-refractivity contribution in [1.29, 1.82) is 0 Å². The zero-order chi connectivity index (χ0) is 19.9. The number of aryl methyl sites for hydroxylation is 1. The lowest BCUT2D eigenvalue weighted by Gasteiger charge is -2.11. The second kappa shape index (κ2) is 8.94. The Morgan fingerprint density at radius 3 is 2.71 bits per heavy atom. The first-order valence-electron chi connectivity index (χ1n) is 8.83. The van der Waals surface area contributed by atoms with Crippen LogP contribution in [0.15, 0.2) is 46.0 Å². The lowest BCUT2D eigenvalue weighted by atomic mass is 10.1. The maximum Gasteiger partial charge on any atom is 0.306 e. The summed E-state index contributed by atoms with van der Waals surface area (Å²) in [4.78, 5) is 35.7. The van der Waals surface area contributed by atoms with Crippen LogP contribution in [0.5, 0.6) is 0 Å². The summed E-state index contributed by atoms with van der Waals surface area (Å²) in [6.45, 7) is 1.71. The predicted octanol–water partition coefficient (Wildman–Crippen LogP) is 1.88. The van der Waals surface area contributed by atoms with Gasteiger partial charge >= 0.3 is 5.97 Å². The Kier molecular flexibility index (Phi) is 6.15. The standard InChI is InChI=1S/C19H20N4O5/c1-13-11-16(22-28-13)20-17(24)12-27-19(26)8-7-18(25)23-10-9-15(21-23)14-5-3-2-4-6-14/h2-6,11H,7-10,12H2,1H3,(H,20,22,24). The predicted molar refractivity (Wildman–Crippen MR) is 99.4 cm³/mol. The van der Waals surface area contributed by atoms with Gasteiger partial charge in [0.05, 0.1) is 18.7 Å². The van der Waals surface area contributed by atoms with Gasteiger partial charge in [-0.2, -0.15) is 5.10 Å². The number of esters is 1. The van der Waals surface area contributed by atoms with Crippen molar-refractivity contribution in [2.24, 2.45) is 5.10 Å². The summed E-state index contributed by atoms with van der Waals surface area (Å²) >= 11 is 0. The number of aromatic nitrogens is 1. The summed E-state index contributed by atoms with van der Waals surface area (Å²) in [5.74, 6) is -0.637. The maximum absolute atomic E-state index is 12.2. The number of hydrogen-bond acceptors (Lipinski definition) is 7. The van der Waals surface area contributed by atoms with Crippen LogP contribution in [0, 0.1) is 6.92 Å². The minimum absolute atomic E-state index is 0.0332. The zero-order valence-electron chi connectivity index (χ0n) is 15.4.